The topological polar surface area (TPSA) is 23.6 Å². The Balaban J connectivity index is 1.49. The standard InChI is InChI=1S/C26H23F5N2O/c27-21-6-4-19(5-7-21)25(34)33(23-10-8-22(28)9-11-23)24-12-14-32(15-13-24)17-18-2-1-3-20(16-18)26(29,30)31/h1-11,16,24H,12-15,17H2. The minimum absolute atomic E-state index is 0.194. The maximum atomic E-state index is 13.5. The van der Waals surface area contributed by atoms with Gasteiger partial charge in [0.2, 0.25) is 0 Å². The quantitative estimate of drug-likeness (QED) is 0.406. The van der Waals surface area contributed by atoms with Crippen molar-refractivity contribution >= 4 is 11.6 Å². The highest BCUT2D eigenvalue weighted by Gasteiger charge is 2.32. The number of rotatable bonds is 5. The molecule has 0 unspecified atom stereocenters. The Morgan fingerprint density at radius 1 is 0.882 bits per heavy atom. The summed E-state index contributed by atoms with van der Waals surface area (Å²) in [6, 6.07) is 16.0. The Bertz CT molecular complexity index is 1120. The predicted octanol–water partition coefficient (Wildman–Crippen LogP) is 6.30. The molecule has 1 fully saturated rings. The van der Waals surface area contributed by atoms with E-state index in [1.807, 2.05) is 0 Å². The molecule has 3 aromatic rings. The summed E-state index contributed by atoms with van der Waals surface area (Å²) < 4.78 is 65.9. The minimum atomic E-state index is -4.39. The van der Waals surface area contributed by atoms with Crippen LogP contribution >= 0.6 is 0 Å². The van der Waals surface area contributed by atoms with E-state index in [9.17, 15) is 26.7 Å². The Labute approximate surface area is 194 Å². The lowest BCUT2D eigenvalue weighted by Gasteiger charge is -2.38. The second-order valence-corrected chi connectivity index (χ2v) is 8.36. The van der Waals surface area contributed by atoms with Crippen LogP contribution in [-0.4, -0.2) is 29.9 Å². The van der Waals surface area contributed by atoms with E-state index in [0.29, 0.717) is 49.3 Å². The Hall–Kier alpha value is -3.26. The van der Waals surface area contributed by atoms with Gasteiger partial charge in [-0.25, -0.2) is 8.78 Å². The lowest BCUT2D eigenvalue weighted by molar-refractivity contribution is -0.137. The molecular weight excluding hydrogens is 451 g/mol. The lowest BCUT2D eigenvalue weighted by atomic mass is 10.00. The van der Waals surface area contributed by atoms with Crippen LogP contribution in [0.1, 0.15) is 34.3 Å². The summed E-state index contributed by atoms with van der Waals surface area (Å²) in [6.45, 7) is 1.53. The van der Waals surface area contributed by atoms with Gasteiger partial charge in [-0.1, -0.05) is 18.2 Å². The zero-order valence-corrected chi connectivity index (χ0v) is 18.2. The molecule has 3 aromatic carbocycles. The molecule has 0 bridgehead atoms. The second kappa shape index (κ2) is 9.93. The molecule has 0 aromatic heterocycles. The van der Waals surface area contributed by atoms with Crippen LogP contribution in [0.3, 0.4) is 0 Å². The first kappa shape index (κ1) is 23.9. The summed E-state index contributed by atoms with van der Waals surface area (Å²) in [6.07, 6.45) is -3.22. The van der Waals surface area contributed by atoms with Crippen molar-refractivity contribution in [3.05, 3.63) is 101 Å². The predicted molar refractivity (Wildman–Crippen MR) is 119 cm³/mol. The average molecular weight is 474 g/mol. The van der Waals surface area contributed by atoms with Crippen molar-refractivity contribution in [1.29, 1.82) is 0 Å². The number of hydrogen-bond donors (Lipinski definition) is 0. The number of anilines is 1. The number of nitrogens with zero attached hydrogens (tertiary/aromatic N) is 2. The molecule has 0 saturated carbocycles. The Kier molecular flexibility index (Phi) is 6.97. The summed E-state index contributed by atoms with van der Waals surface area (Å²) in [4.78, 5) is 17.0. The SMILES string of the molecule is O=C(c1ccc(F)cc1)N(c1ccc(F)cc1)C1CCN(Cc2cccc(C(F)(F)F)c2)CC1. The highest BCUT2D eigenvalue weighted by atomic mass is 19.4. The van der Waals surface area contributed by atoms with Crippen LogP contribution in [0.15, 0.2) is 72.8 Å². The molecular formula is C26H23F5N2O. The second-order valence-electron chi connectivity index (χ2n) is 8.36. The third kappa shape index (κ3) is 5.62. The number of hydrogen-bond acceptors (Lipinski definition) is 2. The van der Waals surface area contributed by atoms with Gasteiger partial charge in [-0.2, -0.15) is 13.2 Å². The van der Waals surface area contributed by atoms with Crippen molar-refractivity contribution in [2.75, 3.05) is 18.0 Å². The molecule has 1 aliphatic heterocycles. The number of halogens is 5. The van der Waals surface area contributed by atoms with Crippen LogP contribution in [0.25, 0.3) is 0 Å². The lowest BCUT2D eigenvalue weighted by Crippen LogP contribution is -2.47. The highest BCUT2D eigenvalue weighted by Crippen LogP contribution is 2.31. The third-order valence-corrected chi connectivity index (χ3v) is 6.00. The van der Waals surface area contributed by atoms with Gasteiger partial charge in [-0.3, -0.25) is 9.69 Å². The van der Waals surface area contributed by atoms with E-state index in [4.69, 9.17) is 0 Å². The largest absolute Gasteiger partial charge is 0.416 e. The molecule has 0 N–H and O–H groups in total. The van der Waals surface area contributed by atoms with E-state index in [-0.39, 0.29) is 11.9 Å². The van der Waals surface area contributed by atoms with Gasteiger partial charge in [-0.05, 0) is 73.0 Å². The third-order valence-electron chi connectivity index (χ3n) is 6.00. The molecule has 0 spiro atoms. The van der Waals surface area contributed by atoms with Crippen LogP contribution in [0.4, 0.5) is 27.6 Å². The van der Waals surface area contributed by atoms with Gasteiger partial charge in [0.15, 0.2) is 0 Å². The molecule has 1 amide bonds. The molecule has 0 radical (unpaired) electrons. The van der Waals surface area contributed by atoms with Crippen LogP contribution in [-0.2, 0) is 12.7 Å². The van der Waals surface area contributed by atoms with E-state index in [1.54, 1.807) is 11.0 Å². The van der Waals surface area contributed by atoms with Gasteiger partial charge in [0.05, 0.1) is 5.56 Å². The number of amides is 1. The fourth-order valence-electron chi connectivity index (χ4n) is 4.27. The molecule has 4 rings (SSSR count). The molecule has 1 saturated heterocycles. The number of carbonyl (C=O) groups is 1. The van der Waals surface area contributed by atoms with Crippen molar-refractivity contribution < 1.29 is 26.7 Å². The zero-order chi connectivity index (χ0) is 24.3. The van der Waals surface area contributed by atoms with Crippen LogP contribution in [0.5, 0.6) is 0 Å². The van der Waals surface area contributed by atoms with Crippen molar-refractivity contribution in [2.24, 2.45) is 0 Å². The summed E-state index contributed by atoms with van der Waals surface area (Å²) in [5, 5.41) is 0. The molecule has 34 heavy (non-hydrogen) atoms. The number of piperidine rings is 1. The summed E-state index contributed by atoms with van der Waals surface area (Å²) in [5.74, 6) is -1.19. The average Bonchev–Trinajstić information content (AvgIpc) is 2.81. The Morgan fingerprint density at radius 2 is 1.47 bits per heavy atom. The van der Waals surface area contributed by atoms with Crippen LogP contribution in [0.2, 0.25) is 0 Å². The molecule has 0 atom stereocenters. The molecule has 1 heterocycles. The monoisotopic (exact) mass is 474 g/mol. The molecule has 1 aliphatic rings. The van der Waals surface area contributed by atoms with E-state index >= 15 is 0 Å². The van der Waals surface area contributed by atoms with Gasteiger partial charge in [0, 0.05) is 36.9 Å². The molecule has 178 valence electrons. The number of likely N-dealkylation sites (tertiary alicyclic amines) is 1. The van der Waals surface area contributed by atoms with Crippen molar-refractivity contribution in [3.63, 3.8) is 0 Å². The van der Waals surface area contributed by atoms with E-state index < -0.39 is 23.4 Å². The first-order valence-corrected chi connectivity index (χ1v) is 10.9. The van der Waals surface area contributed by atoms with Gasteiger partial charge < -0.3 is 4.90 Å². The molecule has 8 heteroatoms. The van der Waals surface area contributed by atoms with Crippen LogP contribution in [0, 0.1) is 11.6 Å². The van der Waals surface area contributed by atoms with Gasteiger partial charge in [0.25, 0.3) is 5.91 Å². The number of carbonyl (C=O) groups excluding carboxylic acids is 1. The normalized spacial score (nSPS) is 15.3. The maximum Gasteiger partial charge on any atom is 0.416 e. The summed E-state index contributed by atoms with van der Waals surface area (Å²) in [7, 11) is 0. The summed E-state index contributed by atoms with van der Waals surface area (Å²) >= 11 is 0. The van der Waals surface area contributed by atoms with Gasteiger partial charge in [-0.15, -0.1) is 0 Å². The number of alkyl halides is 3. The van der Waals surface area contributed by atoms with Crippen LogP contribution < -0.4 is 4.90 Å². The first-order valence-electron chi connectivity index (χ1n) is 10.9. The fraction of sp³-hybridized carbons (Fsp3) is 0.269. The van der Waals surface area contributed by atoms with Crippen molar-refractivity contribution in [1.82, 2.24) is 4.90 Å². The summed E-state index contributed by atoms with van der Waals surface area (Å²) in [5.41, 5.74) is 0.752. The fourth-order valence-corrected chi connectivity index (χ4v) is 4.27. The smallest absolute Gasteiger partial charge is 0.305 e. The van der Waals surface area contributed by atoms with Crippen molar-refractivity contribution in [3.8, 4) is 0 Å². The molecule has 3 nitrogen and oxygen atoms in total. The zero-order valence-electron chi connectivity index (χ0n) is 18.2. The maximum absolute atomic E-state index is 13.5. The highest BCUT2D eigenvalue weighted by molar-refractivity contribution is 6.06. The van der Waals surface area contributed by atoms with E-state index in [0.717, 1.165) is 12.1 Å². The van der Waals surface area contributed by atoms with E-state index in [2.05, 4.69) is 4.90 Å². The van der Waals surface area contributed by atoms with Gasteiger partial charge >= 0.3 is 6.18 Å². The number of benzene rings is 3. The Morgan fingerprint density at radius 3 is 2.06 bits per heavy atom. The minimum Gasteiger partial charge on any atom is -0.305 e. The first-order chi connectivity index (χ1) is 16.2. The molecule has 0 aliphatic carbocycles. The van der Waals surface area contributed by atoms with Gasteiger partial charge in [0.1, 0.15) is 11.6 Å². The van der Waals surface area contributed by atoms with Crippen molar-refractivity contribution in [2.45, 2.75) is 31.6 Å². The van der Waals surface area contributed by atoms with E-state index in [1.165, 1.54) is 54.6 Å².